The number of rotatable bonds is 7. The van der Waals surface area contributed by atoms with Crippen LogP contribution in [0, 0.1) is 13.8 Å². The Morgan fingerprint density at radius 2 is 1.86 bits per heavy atom. The van der Waals surface area contributed by atoms with Gasteiger partial charge in [0.1, 0.15) is 12.4 Å². The number of nitrogens with zero attached hydrogens (tertiary/aromatic N) is 4. The van der Waals surface area contributed by atoms with Gasteiger partial charge in [-0.25, -0.2) is 0 Å². The van der Waals surface area contributed by atoms with Gasteiger partial charge in [0.25, 0.3) is 0 Å². The average molecular weight is 406 g/mol. The Kier molecular flexibility index (Phi) is 6.93. The number of amides is 1. The number of halogens is 1. The largest absolute Gasteiger partial charge is 0.491 e. The molecule has 1 fully saturated rings. The summed E-state index contributed by atoms with van der Waals surface area (Å²) in [6.07, 6.45) is 0. The molecule has 1 aliphatic heterocycles. The van der Waals surface area contributed by atoms with E-state index in [0.29, 0.717) is 18.2 Å². The maximum absolute atomic E-state index is 12.4. The highest BCUT2D eigenvalue weighted by Crippen LogP contribution is 2.23. The second-order valence-electron chi connectivity index (χ2n) is 7.11. The summed E-state index contributed by atoms with van der Waals surface area (Å²) in [5.41, 5.74) is 2.63. The van der Waals surface area contributed by atoms with E-state index >= 15 is 0 Å². The first-order chi connectivity index (χ1) is 13.4. The molecule has 1 saturated heterocycles. The first-order valence-electron chi connectivity index (χ1n) is 9.56. The van der Waals surface area contributed by atoms with Crippen molar-refractivity contribution in [3.63, 3.8) is 0 Å². The summed E-state index contributed by atoms with van der Waals surface area (Å²) in [5, 5.41) is 7.98. The van der Waals surface area contributed by atoms with Crippen molar-refractivity contribution in [2.75, 3.05) is 51.2 Å². The molecule has 7 nitrogen and oxygen atoms in total. The van der Waals surface area contributed by atoms with Crippen LogP contribution >= 0.6 is 11.6 Å². The van der Waals surface area contributed by atoms with Gasteiger partial charge >= 0.3 is 0 Å². The Morgan fingerprint density at radius 3 is 2.50 bits per heavy atom. The molecule has 2 heterocycles. The number of nitrogens with one attached hydrogen (secondary N) is 1. The van der Waals surface area contributed by atoms with Crippen molar-refractivity contribution in [2.24, 2.45) is 7.05 Å². The molecule has 28 heavy (non-hydrogen) atoms. The van der Waals surface area contributed by atoms with Gasteiger partial charge < -0.3 is 10.1 Å². The van der Waals surface area contributed by atoms with E-state index in [0.717, 1.165) is 55.5 Å². The molecule has 1 aromatic heterocycles. The van der Waals surface area contributed by atoms with Gasteiger partial charge in [0.2, 0.25) is 5.91 Å². The molecule has 0 saturated carbocycles. The van der Waals surface area contributed by atoms with Gasteiger partial charge in [-0.05, 0) is 26.0 Å². The molecule has 0 atom stereocenters. The Balaban J connectivity index is 1.38. The summed E-state index contributed by atoms with van der Waals surface area (Å²) in [7, 11) is 1.88. The minimum atomic E-state index is 0.00898. The number of aromatic nitrogens is 2. The first-order valence-corrected chi connectivity index (χ1v) is 9.94. The Bertz CT molecular complexity index is 815. The topological polar surface area (TPSA) is 62.6 Å². The number of ether oxygens (including phenoxy) is 1. The summed E-state index contributed by atoms with van der Waals surface area (Å²) < 4.78 is 7.55. The van der Waals surface area contributed by atoms with E-state index in [9.17, 15) is 4.79 Å². The maximum atomic E-state index is 12.4. The Hall–Kier alpha value is -2.09. The monoisotopic (exact) mass is 405 g/mol. The molecule has 1 aromatic carbocycles. The number of carbonyl (C=O) groups excluding carboxylic acids is 1. The minimum Gasteiger partial charge on any atom is -0.491 e. The van der Waals surface area contributed by atoms with Crippen LogP contribution in [0.3, 0.4) is 0 Å². The van der Waals surface area contributed by atoms with E-state index in [1.54, 1.807) is 4.68 Å². The molecule has 1 amide bonds. The Morgan fingerprint density at radius 1 is 1.18 bits per heavy atom. The molecule has 0 aliphatic carbocycles. The lowest BCUT2D eigenvalue weighted by atomic mass is 10.3. The minimum absolute atomic E-state index is 0.00898. The number of anilines is 1. The fraction of sp³-hybridized carbons (Fsp3) is 0.500. The third kappa shape index (κ3) is 5.25. The number of carbonyl (C=O) groups is 1. The van der Waals surface area contributed by atoms with E-state index in [1.807, 2.05) is 45.2 Å². The van der Waals surface area contributed by atoms with Gasteiger partial charge in [0.05, 0.1) is 28.6 Å². The van der Waals surface area contributed by atoms with Gasteiger partial charge in [-0.15, -0.1) is 0 Å². The van der Waals surface area contributed by atoms with Crippen LogP contribution in [0.1, 0.15) is 11.4 Å². The van der Waals surface area contributed by atoms with E-state index < -0.39 is 0 Å². The maximum Gasteiger partial charge on any atom is 0.238 e. The van der Waals surface area contributed by atoms with E-state index in [-0.39, 0.29) is 5.91 Å². The second-order valence-corrected chi connectivity index (χ2v) is 7.52. The standard InChI is InChI=1S/C20H28ClN5O2/c1-15-20(16(2)24(3)23-15)22-19(27)14-26-10-8-25(9-11-26)12-13-28-18-7-5-4-6-17(18)21/h4-7H,8-14H2,1-3H3,(H,22,27). The van der Waals surface area contributed by atoms with Crippen molar-refractivity contribution in [1.82, 2.24) is 19.6 Å². The van der Waals surface area contributed by atoms with Crippen LogP contribution in [0.4, 0.5) is 5.69 Å². The number of piperazine rings is 1. The molecule has 1 aliphatic rings. The predicted molar refractivity (Wildman–Crippen MR) is 111 cm³/mol. The third-order valence-electron chi connectivity index (χ3n) is 5.11. The molecule has 8 heteroatoms. The summed E-state index contributed by atoms with van der Waals surface area (Å²) >= 11 is 6.10. The summed E-state index contributed by atoms with van der Waals surface area (Å²) in [6, 6.07) is 7.51. The van der Waals surface area contributed by atoms with Crippen LogP contribution in [0.15, 0.2) is 24.3 Å². The van der Waals surface area contributed by atoms with E-state index in [1.165, 1.54) is 0 Å². The molecule has 0 bridgehead atoms. The van der Waals surface area contributed by atoms with Crippen LogP contribution in [-0.4, -0.2) is 71.4 Å². The lowest BCUT2D eigenvalue weighted by Crippen LogP contribution is -2.49. The second kappa shape index (κ2) is 9.41. The molecule has 0 spiro atoms. The van der Waals surface area contributed by atoms with Gasteiger partial charge in [-0.3, -0.25) is 19.3 Å². The molecule has 3 rings (SSSR count). The first kappa shape index (κ1) is 20.6. The molecule has 0 radical (unpaired) electrons. The van der Waals surface area contributed by atoms with Crippen LogP contribution in [-0.2, 0) is 11.8 Å². The number of benzene rings is 1. The quantitative estimate of drug-likeness (QED) is 0.766. The predicted octanol–water partition coefficient (Wildman–Crippen LogP) is 2.33. The van der Waals surface area contributed by atoms with E-state index in [4.69, 9.17) is 16.3 Å². The highest BCUT2D eigenvalue weighted by atomic mass is 35.5. The summed E-state index contributed by atoms with van der Waals surface area (Å²) in [4.78, 5) is 16.9. The smallest absolute Gasteiger partial charge is 0.238 e. The molecule has 1 N–H and O–H groups in total. The lowest BCUT2D eigenvalue weighted by Gasteiger charge is -2.34. The van der Waals surface area contributed by atoms with Gasteiger partial charge in [0.15, 0.2) is 0 Å². The highest BCUT2D eigenvalue weighted by Gasteiger charge is 2.20. The molecule has 0 unspecified atom stereocenters. The number of hydrogen-bond acceptors (Lipinski definition) is 5. The van der Waals surface area contributed by atoms with Gasteiger partial charge in [0, 0.05) is 39.8 Å². The van der Waals surface area contributed by atoms with Crippen molar-refractivity contribution < 1.29 is 9.53 Å². The van der Waals surface area contributed by atoms with Gasteiger partial charge in [-0.1, -0.05) is 23.7 Å². The zero-order valence-corrected chi connectivity index (χ0v) is 17.5. The number of para-hydroxylation sites is 1. The third-order valence-corrected chi connectivity index (χ3v) is 5.42. The fourth-order valence-electron chi connectivity index (χ4n) is 3.35. The lowest BCUT2D eigenvalue weighted by molar-refractivity contribution is -0.117. The normalized spacial score (nSPS) is 15.6. The molecule has 2 aromatic rings. The molecular formula is C20H28ClN5O2. The SMILES string of the molecule is Cc1nn(C)c(C)c1NC(=O)CN1CCN(CCOc2ccccc2Cl)CC1. The fourth-order valence-corrected chi connectivity index (χ4v) is 3.54. The van der Waals surface area contributed by atoms with Crippen molar-refractivity contribution in [3.05, 3.63) is 40.7 Å². The summed E-state index contributed by atoms with van der Waals surface area (Å²) in [6.45, 7) is 9.29. The molecular weight excluding hydrogens is 378 g/mol. The zero-order valence-electron chi connectivity index (χ0n) is 16.7. The number of aryl methyl sites for hydroxylation is 2. The molecule has 152 valence electrons. The average Bonchev–Trinajstić information content (AvgIpc) is 2.91. The van der Waals surface area contributed by atoms with E-state index in [2.05, 4.69) is 20.2 Å². The van der Waals surface area contributed by atoms with Crippen molar-refractivity contribution in [3.8, 4) is 5.75 Å². The zero-order chi connectivity index (χ0) is 20.1. The van der Waals surface area contributed by atoms with Crippen molar-refractivity contribution in [2.45, 2.75) is 13.8 Å². The van der Waals surface area contributed by atoms with Gasteiger partial charge in [-0.2, -0.15) is 5.10 Å². The van der Waals surface area contributed by atoms with Crippen LogP contribution < -0.4 is 10.1 Å². The van der Waals surface area contributed by atoms with Crippen LogP contribution in [0.2, 0.25) is 5.02 Å². The number of hydrogen-bond donors (Lipinski definition) is 1. The van der Waals surface area contributed by atoms with Crippen LogP contribution in [0.25, 0.3) is 0 Å². The van der Waals surface area contributed by atoms with Crippen molar-refractivity contribution in [1.29, 1.82) is 0 Å². The summed E-state index contributed by atoms with van der Waals surface area (Å²) in [5.74, 6) is 0.732. The highest BCUT2D eigenvalue weighted by molar-refractivity contribution is 6.32. The van der Waals surface area contributed by atoms with Crippen molar-refractivity contribution >= 4 is 23.2 Å². The Labute approximate surface area is 171 Å². The van der Waals surface area contributed by atoms with Crippen LogP contribution in [0.5, 0.6) is 5.75 Å².